The Morgan fingerprint density at radius 1 is 0.905 bits per heavy atom. The minimum absolute atomic E-state index is 0. The molecule has 2 rings (SSSR count). The zero-order valence-corrected chi connectivity index (χ0v) is 16.6. The van der Waals surface area contributed by atoms with Gasteiger partial charge in [0.25, 0.3) is 0 Å². The van der Waals surface area contributed by atoms with Crippen molar-refractivity contribution in [2.45, 2.75) is 27.7 Å². The Kier molecular flexibility index (Phi) is 20.0. The van der Waals surface area contributed by atoms with Crippen LogP contribution in [0.4, 0.5) is 5.69 Å². The van der Waals surface area contributed by atoms with E-state index in [4.69, 9.17) is 5.73 Å². The van der Waals surface area contributed by atoms with E-state index in [2.05, 4.69) is 16.8 Å². The van der Waals surface area contributed by atoms with Crippen molar-refractivity contribution in [2.24, 2.45) is 0 Å². The van der Waals surface area contributed by atoms with Crippen molar-refractivity contribution in [2.75, 3.05) is 5.73 Å². The van der Waals surface area contributed by atoms with Crippen molar-refractivity contribution in [3.05, 3.63) is 67.3 Å². The third kappa shape index (κ3) is 11.2. The Balaban J connectivity index is -0.000000499. The van der Waals surface area contributed by atoms with Gasteiger partial charge in [-0.15, -0.1) is 0 Å². The number of nitrogen functional groups attached to an aromatic ring is 1. The summed E-state index contributed by atoms with van der Waals surface area (Å²) in [6.45, 7) is 8.00. The van der Waals surface area contributed by atoms with Gasteiger partial charge in [-0.1, -0.05) is 45.7 Å². The van der Waals surface area contributed by atoms with Crippen LogP contribution in [0.2, 0.25) is 0 Å². The SMILES string of the molecule is CC.CC.Nc1cccc(C#Cc2ccccn2)c1.[CH3-].[Y]. The summed E-state index contributed by atoms with van der Waals surface area (Å²) in [6, 6.07) is 13.1. The maximum Gasteiger partial charge on any atom is 0.113 e. The maximum absolute atomic E-state index is 5.64. The zero-order chi connectivity index (χ0) is 14.5. The molecule has 0 bridgehead atoms. The molecule has 2 nitrogen and oxygen atoms in total. The minimum atomic E-state index is 0. The summed E-state index contributed by atoms with van der Waals surface area (Å²) in [5.41, 5.74) is 8.04. The fourth-order valence-corrected chi connectivity index (χ4v) is 1.19. The first-order chi connectivity index (χ1) is 9.34. The van der Waals surface area contributed by atoms with Crippen LogP contribution in [0.25, 0.3) is 0 Å². The van der Waals surface area contributed by atoms with Gasteiger partial charge in [-0.2, -0.15) is 0 Å². The third-order valence-electron chi connectivity index (χ3n) is 1.89. The molecule has 21 heavy (non-hydrogen) atoms. The van der Waals surface area contributed by atoms with Gasteiger partial charge in [-0.3, -0.25) is 0 Å². The summed E-state index contributed by atoms with van der Waals surface area (Å²) < 4.78 is 0. The quantitative estimate of drug-likeness (QED) is 0.426. The standard InChI is InChI=1S/C13H10N2.2C2H6.CH3.Y/c14-12-5-3-4-11(10-12)7-8-13-6-1-2-9-15-13;2*1-2;;/h1-6,9-10H,14H2;2*1-2H3;1H3;/q;;;-1;. The van der Waals surface area contributed by atoms with Gasteiger partial charge in [0.2, 0.25) is 0 Å². The summed E-state index contributed by atoms with van der Waals surface area (Å²) in [7, 11) is 0. The number of benzene rings is 1. The topological polar surface area (TPSA) is 38.9 Å². The summed E-state index contributed by atoms with van der Waals surface area (Å²) in [5, 5.41) is 0. The number of aromatic nitrogens is 1. The molecule has 0 spiro atoms. The summed E-state index contributed by atoms with van der Waals surface area (Å²) in [6.07, 6.45) is 1.73. The van der Waals surface area contributed by atoms with Crippen molar-refractivity contribution in [1.82, 2.24) is 4.98 Å². The Bertz CT molecular complexity index is 513. The van der Waals surface area contributed by atoms with Crippen LogP contribution < -0.4 is 5.73 Å². The number of nitrogens with zero attached hydrogens (tertiary/aromatic N) is 1. The molecule has 0 fully saturated rings. The van der Waals surface area contributed by atoms with Crippen molar-refractivity contribution >= 4 is 5.69 Å². The Morgan fingerprint density at radius 2 is 1.57 bits per heavy atom. The molecule has 3 heteroatoms. The van der Waals surface area contributed by atoms with E-state index in [1.807, 2.05) is 70.2 Å². The summed E-state index contributed by atoms with van der Waals surface area (Å²) in [5.74, 6) is 5.98. The van der Waals surface area contributed by atoms with Gasteiger partial charge in [0.15, 0.2) is 0 Å². The third-order valence-corrected chi connectivity index (χ3v) is 1.89. The first-order valence-electron chi connectivity index (χ1n) is 6.63. The molecule has 0 saturated carbocycles. The van der Waals surface area contributed by atoms with Crippen LogP contribution in [0, 0.1) is 19.3 Å². The molecule has 2 N–H and O–H groups in total. The Labute approximate surface area is 155 Å². The van der Waals surface area contributed by atoms with Crippen LogP contribution in [0.5, 0.6) is 0 Å². The molecule has 2 aromatic rings. The van der Waals surface area contributed by atoms with Crippen LogP contribution in [-0.4, -0.2) is 4.98 Å². The van der Waals surface area contributed by atoms with Crippen molar-refractivity contribution < 1.29 is 32.7 Å². The molecule has 0 unspecified atom stereocenters. The summed E-state index contributed by atoms with van der Waals surface area (Å²) >= 11 is 0. The van der Waals surface area contributed by atoms with Crippen LogP contribution in [-0.2, 0) is 32.7 Å². The molecule has 0 aliphatic rings. The van der Waals surface area contributed by atoms with Crippen LogP contribution in [0.15, 0.2) is 48.7 Å². The maximum atomic E-state index is 5.64. The largest absolute Gasteiger partial charge is 0.399 e. The van der Waals surface area contributed by atoms with E-state index < -0.39 is 0 Å². The molecule has 0 amide bonds. The average molecular weight is 358 g/mol. The van der Waals surface area contributed by atoms with Crippen LogP contribution in [0.3, 0.4) is 0 Å². The van der Waals surface area contributed by atoms with Crippen LogP contribution >= 0.6 is 0 Å². The fraction of sp³-hybridized carbons (Fsp3) is 0.222. The van der Waals surface area contributed by atoms with E-state index in [1.54, 1.807) is 6.20 Å². The predicted octanol–water partition coefficient (Wildman–Crippen LogP) is 4.56. The van der Waals surface area contributed by atoms with Gasteiger partial charge < -0.3 is 13.2 Å². The number of anilines is 1. The smallest absolute Gasteiger partial charge is 0.113 e. The Morgan fingerprint density at radius 3 is 2.10 bits per heavy atom. The van der Waals surface area contributed by atoms with Crippen molar-refractivity contribution in [3.8, 4) is 11.8 Å². The zero-order valence-electron chi connectivity index (χ0n) is 13.7. The molecule has 111 valence electrons. The molecule has 0 aliphatic carbocycles. The second-order valence-electron chi connectivity index (χ2n) is 3.09. The Hall–Kier alpha value is -1.17. The monoisotopic (exact) mass is 358 g/mol. The average Bonchev–Trinajstić information content (AvgIpc) is 2.50. The minimum Gasteiger partial charge on any atom is -0.399 e. The molecule has 1 heterocycles. The molecule has 1 aromatic heterocycles. The molecule has 0 saturated heterocycles. The molecular formula is C18H25N2Y-. The first-order valence-corrected chi connectivity index (χ1v) is 6.63. The molecule has 1 aromatic carbocycles. The fourth-order valence-electron chi connectivity index (χ4n) is 1.19. The first kappa shape index (κ1) is 24.8. The van der Waals surface area contributed by atoms with Crippen molar-refractivity contribution in [1.29, 1.82) is 0 Å². The molecule has 1 radical (unpaired) electrons. The summed E-state index contributed by atoms with van der Waals surface area (Å²) in [4.78, 5) is 4.11. The van der Waals surface area contributed by atoms with E-state index in [9.17, 15) is 0 Å². The van der Waals surface area contributed by atoms with Gasteiger partial charge in [0, 0.05) is 50.2 Å². The van der Waals surface area contributed by atoms with Gasteiger partial charge in [-0.05, 0) is 36.3 Å². The number of nitrogens with two attached hydrogens (primary N) is 1. The van der Waals surface area contributed by atoms with Gasteiger partial charge in [0.1, 0.15) is 5.69 Å². The molecule has 0 atom stereocenters. The van der Waals surface area contributed by atoms with E-state index in [-0.39, 0.29) is 40.1 Å². The van der Waals surface area contributed by atoms with Gasteiger partial charge in [-0.25, -0.2) is 4.98 Å². The number of rotatable bonds is 0. The van der Waals surface area contributed by atoms with Crippen molar-refractivity contribution in [3.63, 3.8) is 0 Å². The molecular weight excluding hydrogens is 333 g/mol. The van der Waals surface area contributed by atoms with E-state index in [0.29, 0.717) is 0 Å². The number of pyridine rings is 1. The van der Waals surface area contributed by atoms with E-state index in [0.717, 1.165) is 16.9 Å². The number of hydrogen-bond donors (Lipinski definition) is 1. The second kappa shape index (κ2) is 16.9. The second-order valence-corrected chi connectivity index (χ2v) is 3.09. The van der Waals surface area contributed by atoms with Gasteiger partial charge in [0.05, 0.1) is 0 Å². The normalized spacial score (nSPS) is 7.05. The predicted molar refractivity (Wildman–Crippen MR) is 90.2 cm³/mol. The van der Waals surface area contributed by atoms with Gasteiger partial charge >= 0.3 is 0 Å². The van der Waals surface area contributed by atoms with Crippen LogP contribution in [0.1, 0.15) is 39.0 Å². The number of hydrogen-bond acceptors (Lipinski definition) is 2. The molecule has 0 aliphatic heterocycles. The van der Waals surface area contributed by atoms with E-state index >= 15 is 0 Å². The van der Waals surface area contributed by atoms with E-state index in [1.165, 1.54) is 0 Å².